The van der Waals surface area contributed by atoms with Crippen LogP contribution in [0.15, 0.2) is 40.5 Å². The molecule has 0 aliphatic carbocycles. The van der Waals surface area contributed by atoms with E-state index in [1.807, 2.05) is 18.2 Å². The van der Waals surface area contributed by atoms with Crippen molar-refractivity contribution in [2.75, 3.05) is 5.32 Å². The van der Waals surface area contributed by atoms with Gasteiger partial charge in [-0.15, -0.1) is 12.4 Å². The highest BCUT2D eigenvalue weighted by Gasteiger charge is 2.17. The van der Waals surface area contributed by atoms with Crippen LogP contribution < -0.4 is 11.1 Å². The molecular weight excluding hydrogens is 284 g/mol. The first-order valence-corrected chi connectivity index (χ1v) is 6.21. The second-order valence-electron chi connectivity index (χ2n) is 3.91. The third-order valence-corrected chi connectivity index (χ3v) is 3.61. The molecular formula is C12H11ClN4OS. The van der Waals surface area contributed by atoms with Crippen LogP contribution in [0.4, 0.5) is 11.5 Å². The molecule has 1 amide bonds. The zero-order valence-electron chi connectivity index (χ0n) is 9.79. The van der Waals surface area contributed by atoms with E-state index in [4.69, 9.17) is 5.73 Å². The summed E-state index contributed by atoms with van der Waals surface area (Å²) in [6.07, 6.45) is 3.55. The molecule has 1 aliphatic rings. The van der Waals surface area contributed by atoms with Gasteiger partial charge in [0.05, 0.1) is 12.1 Å². The molecule has 2 heterocycles. The summed E-state index contributed by atoms with van der Waals surface area (Å²) >= 11 is 1.56. The Labute approximate surface area is 120 Å². The number of nitrogens with two attached hydrogens (primary N) is 1. The highest BCUT2D eigenvalue weighted by Crippen LogP contribution is 2.41. The second kappa shape index (κ2) is 5.46. The Morgan fingerprint density at radius 1 is 1.32 bits per heavy atom. The minimum Gasteiger partial charge on any atom is -0.369 e. The highest BCUT2D eigenvalue weighted by atomic mass is 35.5. The molecule has 0 saturated heterocycles. The quantitative estimate of drug-likeness (QED) is 0.757. The topological polar surface area (TPSA) is 80.9 Å². The maximum Gasteiger partial charge on any atom is 0.221 e. The van der Waals surface area contributed by atoms with Gasteiger partial charge in [-0.3, -0.25) is 4.79 Å². The first kappa shape index (κ1) is 13.6. The number of aromatic nitrogens is 2. The summed E-state index contributed by atoms with van der Waals surface area (Å²) in [7, 11) is 0. The van der Waals surface area contributed by atoms with E-state index in [2.05, 4.69) is 15.3 Å². The van der Waals surface area contributed by atoms with Gasteiger partial charge in [0.25, 0.3) is 0 Å². The van der Waals surface area contributed by atoms with Crippen molar-refractivity contribution >= 4 is 41.6 Å². The SMILES string of the molecule is Cl.NC(=O)Cc1ccc2c(c1)Nc1nccnc1S2. The average Bonchev–Trinajstić information content (AvgIpc) is 2.35. The number of primary amides is 1. The van der Waals surface area contributed by atoms with E-state index in [0.717, 1.165) is 27.0 Å². The van der Waals surface area contributed by atoms with Crippen LogP contribution >= 0.6 is 24.2 Å². The maximum atomic E-state index is 10.9. The molecule has 3 rings (SSSR count). The van der Waals surface area contributed by atoms with Crippen LogP contribution in [0.25, 0.3) is 0 Å². The number of benzene rings is 1. The molecule has 0 atom stereocenters. The minimum atomic E-state index is -0.335. The summed E-state index contributed by atoms with van der Waals surface area (Å²) < 4.78 is 0. The van der Waals surface area contributed by atoms with Crippen molar-refractivity contribution in [1.82, 2.24) is 9.97 Å². The van der Waals surface area contributed by atoms with E-state index < -0.39 is 0 Å². The van der Waals surface area contributed by atoms with Crippen LogP contribution in [0.3, 0.4) is 0 Å². The lowest BCUT2D eigenvalue weighted by Gasteiger charge is -2.19. The monoisotopic (exact) mass is 294 g/mol. The Kier molecular flexibility index (Phi) is 3.92. The number of hydrogen-bond donors (Lipinski definition) is 2. The fourth-order valence-electron chi connectivity index (χ4n) is 1.79. The number of nitrogens with zero attached hydrogens (tertiary/aromatic N) is 2. The molecule has 0 radical (unpaired) electrons. The molecule has 2 aromatic rings. The summed E-state index contributed by atoms with van der Waals surface area (Å²) in [5.41, 5.74) is 7.02. The maximum absolute atomic E-state index is 10.9. The van der Waals surface area contributed by atoms with Gasteiger partial charge in [0.15, 0.2) is 5.82 Å². The van der Waals surface area contributed by atoms with Gasteiger partial charge in [-0.1, -0.05) is 17.8 Å². The van der Waals surface area contributed by atoms with Gasteiger partial charge in [-0.25, -0.2) is 9.97 Å². The minimum absolute atomic E-state index is 0. The summed E-state index contributed by atoms with van der Waals surface area (Å²) in [5.74, 6) is 0.407. The predicted octanol–water partition coefficient (Wildman–Crippen LogP) is 2.13. The predicted molar refractivity (Wildman–Crippen MR) is 76.0 cm³/mol. The zero-order chi connectivity index (χ0) is 12.5. The van der Waals surface area contributed by atoms with Gasteiger partial charge in [-0.05, 0) is 17.7 Å². The van der Waals surface area contributed by atoms with Crippen molar-refractivity contribution in [3.8, 4) is 0 Å². The fourth-order valence-corrected chi connectivity index (χ4v) is 2.67. The number of nitrogens with one attached hydrogen (secondary N) is 1. The Balaban J connectivity index is 0.00000133. The van der Waals surface area contributed by atoms with Gasteiger partial charge in [0, 0.05) is 17.3 Å². The molecule has 7 heteroatoms. The van der Waals surface area contributed by atoms with Crippen molar-refractivity contribution in [3.05, 3.63) is 36.2 Å². The molecule has 0 unspecified atom stereocenters. The zero-order valence-corrected chi connectivity index (χ0v) is 11.4. The number of fused-ring (bicyclic) bond motifs is 2. The van der Waals surface area contributed by atoms with E-state index in [-0.39, 0.29) is 24.7 Å². The lowest BCUT2D eigenvalue weighted by atomic mass is 10.1. The van der Waals surface area contributed by atoms with E-state index in [1.54, 1.807) is 24.2 Å². The molecule has 3 N–H and O–H groups in total. The summed E-state index contributed by atoms with van der Waals surface area (Å²) in [4.78, 5) is 20.5. The van der Waals surface area contributed by atoms with Gasteiger partial charge < -0.3 is 11.1 Å². The van der Waals surface area contributed by atoms with Crippen molar-refractivity contribution < 1.29 is 4.79 Å². The molecule has 0 fully saturated rings. The third-order valence-electron chi connectivity index (χ3n) is 2.55. The van der Waals surface area contributed by atoms with E-state index >= 15 is 0 Å². The molecule has 19 heavy (non-hydrogen) atoms. The molecule has 5 nitrogen and oxygen atoms in total. The standard InChI is InChI=1S/C12H10N4OS.ClH/c13-10(17)6-7-1-2-9-8(5-7)16-11-12(18-9)15-4-3-14-11;/h1-5H,6H2,(H2,13,17)(H,14,16);1H. The lowest BCUT2D eigenvalue weighted by Crippen LogP contribution is -2.14. The first-order chi connectivity index (χ1) is 8.72. The van der Waals surface area contributed by atoms with Gasteiger partial charge in [-0.2, -0.15) is 0 Å². The number of rotatable bonds is 2. The van der Waals surface area contributed by atoms with Gasteiger partial charge in [0.2, 0.25) is 5.91 Å². The van der Waals surface area contributed by atoms with E-state index in [9.17, 15) is 4.79 Å². The van der Waals surface area contributed by atoms with Crippen molar-refractivity contribution in [3.63, 3.8) is 0 Å². The lowest BCUT2D eigenvalue weighted by molar-refractivity contribution is -0.117. The summed E-state index contributed by atoms with van der Waals surface area (Å²) in [6, 6.07) is 5.78. The second-order valence-corrected chi connectivity index (χ2v) is 4.94. The number of anilines is 2. The molecule has 1 aromatic heterocycles. The normalized spacial score (nSPS) is 11.6. The molecule has 0 saturated carbocycles. The molecule has 1 aliphatic heterocycles. The first-order valence-electron chi connectivity index (χ1n) is 5.39. The van der Waals surface area contributed by atoms with Gasteiger partial charge >= 0.3 is 0 Å². The highest BCUT2D eigenvalue weighted by molar-refractivity contribution is 7.99. The van der Waals surface area contributed by atoms with Crippen LogP contribution in [0.1, 0.15) is 5.56 Å². The average molecular weight is 295 g/mol. The Morgan fingerprint density at radius 3 is 2.89 bits per heavy atom. The van der Waals surface area contributed by atoms with E-state index in [1.165, 1.54) is 0 Å². The van der Waals surface area contributed by atoms with Crippen molar-refractivity contribution in [2.45, 2.75) is 16.3 Å². The number of amides is 1. The molecule has 0 bridgehead atoms. The molecule has 1 aromatic carbocycles. The summed E-state index contributed by atoms with van der Waals surface area (Å²) in [5, 5.41) is 4.06. The summed E-state index contributed by atoms with van der Waals surface area (Å²) in [6.45, 7) is 0. The van der Waals surface area contributed by atoms with Crippen LogP contribution in [-0.4, -0.2) is 15.9 Å². The van der Waals surface area contributed by atoms with Crippen molar-refractivity contribution in [2.24, 2.45) is 5.73 Å². The Bertz CT molecular complexity index is 635. The van der Waals surface area contributed by atoms with Gasteiger partial charge in [0.1, 0.15) is 5.03 Å². The largest absolute Gasteiger partial charge is 0.369 e. The van der Waals surface area contributed by atoms with E-state index in [0.29, 0.717) is 0 Å². The van der Waals surface area contributed by atoms with Crippen LogP contribution in [0.5, 0.6) is 0 Å². The Hall–Kier alpha value is -1.79. The Morgan fingerprint density at radius 2 is 2.11 bits per heavy atom. The van der Waals surface area contributed by atoms with Crippen molar-refractivity contribution in [1.29, 1.82) is 0 Å². The molecule has 98 valence electrons. The van der Waals surface area contributed by atoms with Crippen LogP contribution in [-0.2, 0) is 11.2 Å². The van der Waals surface area contributed by atoms with Crippen LogP contribution in [0.2, 0.25) is 0 Å². The number of hydrogen-bond acceptors (Lipinski definition) is 5. The number of carbonyl (C=O) groups is 1. The van der Waals surface area contributed by atoms with Crippen LogP contribution in [0, 0.1) is 0 Å². The number of halogens is 1. The fraction of sp³-hybridized carbons (Fsp3) is 0.0833. The smallest absolute Gasteiger partial charge is 0.221 e. The molecule has 0 spiro atoms. The third kappa shape index (κ3) is 2.80. The number of carbonyl (C=O) groups excluding carboxylic acids is 1.